The van der Waals surface area contributed by atoms with Gasteiger partial charge in [-0.2, -0.15) is 10.1 Å². The Kier molecular flexibility index (Phi) is 4.04. The molecule has 98 valence electrons. The van der Waals surface area contributed by atoms with Crippen LogP contribution in [-0.4, -0.2) is 24.3 Å². The summed E-state index contributed by atoms with van der Waals surface area (Å²) in [5, 5.41) is 4.03. The van der Waals surface area contributed by atoms with Crippen molar-refractivity contribution in [3.05, 3.63) is 45.5 Å². The van der Waals surface area contributed by atoms with Gasteiger partial charge in [-0.3, -0.25) is 10.2 Å². The van der Waals surface area contributed by atoms with Crippen LogP contribution in [0.25, 0.3) is 0 Å². The smallest absolute Gasteiger partial charge is 0.348 e. The van der Waals surface area contributed by atoms with Crippen molar-refractivity contribution in [3.8, 4) is 0 Å². The van der Waals surface area contributed by atoms with E-state index in [2.05, 4.69) is 20.2 Å². The first-order valence-corrected chi connectivity index (χ1v) is 5.94. The molecule has 0 saturated heterocycles. The van der Waals surface area contributed by atoms with E-state index in [0.29, 0.717) is 5.76 Å². The number of methoxy groups -OCH3 is 1. The van der Waals surface area contributed by atoms with Gasteiger partial charge in [-0.1, -0.05) is 11.3 Å². The number of hydrazone groups is 1. The highest BCUT2D eigenvalue weighted by atomic mass is 32.1. The van der Waals surface area contributed by atoms with E-state index in [4.69, 9.17) is 4.42 Å². The lowest BCUT2D eigenvalue weighted by Crippen LogP contribution is -2.10. The van der Waals surface area contributed by atoms with Crippen LogP contribution in [0.2, 0.25) is 0 Å². The van der Waals surface area contributed by atoms with E-state index in [1.165, 1.54) is 19.6 Å². The molecule has 0 amide bonds. The van der Waals surface area contributed by atoms with Gasteiger partial charge in [0.25, 0.3) is 5.56 Å². The largest absolute Gasteiger partial charge is 0.465 e. The highest BCUT2D eigenvalue weighted by Crippen LogP contribution is 2.14. The standard InChI is InChI=1S/C11H9N3O4S/c1-17-10(16)8-5-9(15)13-11(19-8)14-12-6-7-3-2-4-18-7/h2-6H,1H3,(H,13,14,15)/b12-6+. The molecule has 0 bridgehead atoms. The maximum atomic E-state index is 11.3. The fraction of sp³-hybridized carbons (Fsp3) is 0.0909. The first-order chi connectivity index (χ1) is 9.19. The number of hydrogen-bond donors (Lipinski definition) is 1. The second-order valence-electron chi connectivity index (χ2n) is 3.24. The van der Waals surface area contributed by atoms with E-state index in [1.807, 2.05) is 0 Å². The molecule has 2 heterocycles. The summed E-state index contributed by atoms with van der Waals surface area (Å²) in [6, 6.07) is 4.54. The number of hydrogen-bond acceptors (Lipinski definition) is 8. The summed E-state index contributed by atoms with van der Waals surface area (Å²) < 4.78 is 9.57. The molecular formula is C11H9N3O4S. The predicted octanol–water partition coefficient (Wildman–Crippen LogP) is 1.33. The zero-order valence-corrected chi connectivity index (χ0v) is 10.6. The molecule has 0 aliphatic rings. The Morgan fingerprint density at radius 1 is 1.63 bits per heavy atom. The van der Waals surface area contributed by atoms with Gasteiger partial charge in [0.1, 0.15) is 10.6 Å². The molecule has 8 heteroatoms. The molecule has 0 aliphatic heterocycles. The number of carbonyl (C=O) groups is 1. The summed E-state index contributed by atoms with van der Waals surface area (Å²) in [5.41, 5.74) is 2.01. The van der Waals surface area contributed by atoms with Crippen molar-refractivity contribution in [2.45, 2.75) is 0 Å². The lowest BCUT2D eigenvalue weighted by atomic mass is 10.5. The summed E-state index contributed by atoms with van der Waals surface area (Å²) in [6.45, 7) is 0. The molecule has 0 unspecified atom stereocenters. The van der Waals surface area contributed by atoms with Crippen molar-refractivity contribution >= 4 is 28.7 Å². The molecular weight excluding hydrogens is 270 g/mol. The minimum atomic E-state index is -0.595. The molecule has 2 aromatic heterocycles. The van der Waals surface area contributed by atoms with E-state index < -0.39 is 11.5 Å². The summed E-state index contributed by atoms with van der Waals surface area (Å²) in [7, 11) is 1.24. The van der Waals surface area contributed by atoms with Gasteiger partial charge >= 0.3 is 5.97 Å². The minimum Gasteiger partial charge on any atom is -0.465 e. The fourth-order valence-electron chi connectivity index (χ4n) is 1.17. The molecule has 0 fully saturated rings. The first kappa shape index (κ1) is 13.0. The number of anilines is 1. The molecule has 0 aromatic carbocycles. The van der Waals surface area contributed by atoms with Gasteiger partial charge in [0.15, 0.2) is 0 Å². The number of aromatic nitrogens is 1. The van der Waals surface area contributed by atoms with Crippen LogP contribution in [0.3, 0.4) is 0 Å². The summed E-state index contributed by atoms with van der Waals surface area (Å²) >= 11 is 0.965. The average molecular weight is 279 g/mol. The predicted molar refractivity (Wildman–Crippen MR) is 69.6 cm³/mol. The molecule has 0 atom stereocenters. The average Bonchev–Trinajstić information content (AvgIpc) is 2.90. The molecule has 0 radical (unpaired) electrons. The van der Waals surface area contributed by atoms with Gasteiger partial charge in [0, 0.05) is 6.07 Å². The molecule has 0 aliphatic carbocycles. The number of furan rings is 1. The van der Waals surface area contributed by atoms with E-state index in [1.54, 1.807) is 12.1 Å². The third-order valence-electron chi connectivity index (χ3n) is 1.95. The molecule has 7 nitrogen and oxygen atoms in total. The van der Waals surface area contributed by atoms with Crippen molar-refractivity contribution in [1.29, 1.82) is 0 Å². The van der Waals surface area contributed by atoms with Crippen LogP contribution in [0.15, 0.2) is 38.8 Å². The number of esters is 1. The zero-order valence-electron chi connectivity index (χ0n) is 9.82. The van der Waals surface area contributed by atoms with Gasteiger partial charge in [0.2, 0.25) is 5.13 Å². The third-order valence-corrected chi connectivity index (χ3v) is 2.84. The van der Waals surface area contributed by atoms with Crippen molar-refractivity contribution < 1.29 is 13.9 Å². The van der Waals surface area contributed by atoms with Gasteiger partial charge < -0.3 is 9.15 Å². The van der Waals surface area contributed by atoms with Crippen LogP contribution in [0, 0.1) is 0 Å². The lowest BCUT2D eigenvalue weighted by molar-refractivity contribution is 0.0606. The Hall–Kier alpha value is -2.48. The third kappa shape index (κ3) is 3.49. The molecule has 19 heavy (non-hydrogen) atoms. The maximum absolute atomic E-state index is 11.3. The van der Waals surface area contributed by atoms with E-state index in [9.17, 15) is 9.59 Å². The van der Waals surface area contributed by atoms with Crippen LogP contribution in [0.5, 0.6) is 0 Å². The number of rotatable bonds is 4. The quantitative estimate of drug-likeness (QED) is 0.515. The maximum Gasteiger partial charge on any atom is 0.348 e. The summed E-state index contributed by atoms with van der Waals surface area (Å²) in [6.07, 6.45) is 2.93. The van der Waals surface area contributed by atoms with Crippen LogP contribution in [0.1, 0.15) is 15.4 Å². The van der Waals surface area contributed by atoms with E-state index in [-0.39, 0.29) is 10.0 Å². The number of ether oxygens (including phenoxy) is 1. The minimum absolute atomic E-state index is 0.151. The van der Waals surface area contributed by atoms with Crippen LogP contribution < -0.4 is 11.0 Å². The van der Waals surface area contributed by atoms with Gasteiger partial charge in [-0.05, 0) is 12.1 Å². The van der Waals surface area contributed by atoms with Crippen LogP contribution >= 0.6 is 11.3 Å². The second-order valence-corrected chi connectivity index (χ2v) is 4.27. The molecule has 1 N–H and O–H groups in total. The SMILES string of the molecule is COC(=O)c1cc(=O)nc(N/N=C/c2ccco2)s1. The van der Waals surface area contributed by atoms with Gasteiger partial charge in [0.05, 0.1) is 19.6 Å². The van der Waals surface area contributed by atoms with Crippen LogP contribution in [0.4, 0.5) is 5.13 Å². The Bertz CT molecular complexity index is 648. The summed E-state index contributed by atoms with van der Waals surface area (Å²) in [5.74, 6) is -0.0495. The van der Waals surface area contributed by atoms with Crippen molar-refractivity contribution in [2.24, 2.45) is 5.10 Å². The number of nitrogens with one attached hydrogen (secondary N) is 1. The first-order valence-electron chi connectivity index (χ1n) is 5.12. The zero-order chi connectivity index (χ0) is 13.7. The van der Waals surface area contributed by atoms with E-state index >= 15 is 0 Å². The number of carbonyl (C=O) groups excluding carboxylic acids is 1. The van der Waals surface area contributed by atoms with Gasteiger partial charge in [-0.15, -0.1) is 0 Å². The Labute approximate surface area is 111 Å². The Morgan fingerprint density at radius 3 is 3.16 bits per heavy atom. The van der Waals surface area contributed by atoms with Gasteiger partial charge in [-0.25, -0.2) is 4.79 Å². The van der Waals surface area contributed by atoms with Crippen LogP contribution in [-0.2, 0) is 4.74 Å². The molecule has 0 spiro atoms. The monoisotopic (exact) mass is 279 g/mol. The highest BCUT2D eigenvalue weighted by Gasteiger charge is 2.09. The fourth-order valence-corrected chi connectivity index (χ4v) is 1.93. The normalized spacial score (nSPS) is 10.6. The topological polar surface area (TPSA) is 93.8 Å². The second kappa shape index (κ2) is 5.91. The lowest BCUT2D eigenvalue weighted by Gasteiger charge is -2.00. The van der Waals surface area contributed by atoms with E-state index in [0.717, 1.165) is 17.4 Å². The summed E-state index contributed by atoms with van der Waals surface area (Å²) in [4.78, 5) is 26.4. The molecule has 0 saturated carbocycles. The van der Waals surface area contributed by atoms with Crippen molar-refractivity contribution in [1.82, 2.24) is 4.98 Å². The Balaban J connectivity index is 2.14. The molecule has 2 aromatic rings. The molecule has 2 rings (SSSR count). The van der Waals surface area contributed by atoms with Crippen molar-refractivity contribution in [3.63, 3.8) is 0 Å². The van der Waals surface area contributed by atoms with Crippen molar-refractivity contribution in [2.75, 3.05) is 12.5 Å². The number of nitrogens with zero attached hydrogens (tertiary/aromatic N) is 2. The Morgan fingerprint density at radius 2 is 2.47 bits per heavy atom. The highest BCUT2D eigenvalue weighted by molar-refractivity contribution is 7.17.